The molecule has 1 aliphatic heterocycles. The first-order valence-corrected chi connectivity index (χ1v) is 12.2. The van der Waals surface area contributed by atoms with Gasteiger partial charge < -0.3 is 20.1 Å². The number of piperidine rings is 1. The Morgan fingerprint density at radius 3 is 2.51 bits per heavy atom. The summed E-state index contributed by atoms with van der Waals surface area (Å²) in [5.41, 5.74) is 5.33. The molecule has 35 heavy (non-hydrogen) atoms. The predicted molar refractivity (Wildman–Crippen MR) is 139 cm³/mol. The van der Waals surface area contributed by atoms with Crippen molar-refractivity contribution in [1.82, 2.24) is 20.3 Å². The second kappa shape index (κ2) is 9.88. The number of pyridine rings is 1. The highest BCUT2D eigenvalue weighted by molar-refractivity contribution is 5.82. The molecule has 4 aromatic rings. The Morgan fingerprint density at radius 2 is 1.80 bits per heavy atom. The summed E-state index contributed by atoms with van der Waals surface area (Å²) in [5.74, 6) is 0.999. The van der Waals surface area contributed by atoms with Crippen LogP contribution < -0.4 is 15.0 Å². The molecule has 0 bridgehead atoms. The van der Waals surface area contributed by atoms with Gasteiger partial charge in [0.05, 0.1) is 17.1 Å². The highest BCUT2D eigenvalue weighted by Gasteiger charge is 2.24. The monoisotopic (exact) mass is 469 g/mol. The average molecular weight is 470 g/mol. The average Bonchev–Trinajstić information content (AvgIpc) is 2.86. The molecule has 5 rings (SSSR count). The van der Waals surface area contributed by atoms with E-state index in [2.05, 4.69) is 76.3 Å². The van der Waals surface area contributed by atoms with Gasteiger partial charge in [0.25, 0.3) is 0 Å². The van der Waals surface area contributed by atoms with E-state index in [1.165, 1.54) is 11.3 Å². The molecule has 0 unspecified atom stereocenters. The first kappa shape index (κ1) is 23.1. The van der Waals surface area contributed by atoms with E-state index in [4.69, 9.17) is 4.74 Å². The van der Waals surface area contributed by atoms with E-state index < -0.39 is 0 Å². The van der Waals surface area contributed by atoms with Crippen LogP contribution in [-0.4, -0.2) is 39.2 Å². The standard InChI is InChI=1S/C28H31N5O2/c1-18(2)20-4-6-21(7-5-20)33(22-10-13-29-14-11-22)26-9-8-23(16-19(26)3)35-28-31-25-17-30-15-12-24(25)27(34)32-28/h4-9,12,15-18,22,29H,10-11,13-14H2,1-3H3,(H,31,32,34). The first-order chi connectivity index (χ1) is 17.0. The normalized spacial score (nSPS) is 14.4. The Morgan fingerprint density at radius 1 is 1.03 bits per heavy atom. The second-order valence-corrected chi connectivity index (χ2v) is 9.37. The van der Waals surface area contributed by atoms with E-state index in [0.717, 1.165) is 37.2 Å². The summed E-state index contributed by atoms with van der Waals surface area (Å²) < 4.78 is 5.94. The van der Waals surface area contributed by atoms with Crippen LogP contribution in [0.3, 0.4) is 0 Å². The van der Waals surface area contributed by atoms with Crippen molar-refractivity contribution in [3.8, 4) is 17.6 Å². The molecular formula is C28H31N5O2. The number of aryl methyl sites for hydroxylation is 1. The highest BCUT2D eigenvalue weighted by Crippen LogP contribution is 2.36. The Labute approximate surface area is 205 Å². The molecule has 0 saturated carbocycles. The Kier molecular flexibility index (Phi) is 6.51. The van der Waals surface area contributed by atoms with Gasteiger partial charge in [-0.15, -0.1) is 0 Å². The van der Waals surface area contributed by atoms with Crippen molar-refractivity contribution < 1.29 is 9.84 Å². The Bertz CT molecular complexity index is 1320. The number of anilines is 2. The van der Waals surface area contributed by atoms with Crippen LogP contribution in [-0.2, 0) is 0 Å². The number of aromatic hydroxyl groups is 1. The molecule has 7 heteroatoms. The summed E-state index contributed by atoms with van der Waals surface area (Å²) in [6, 6.07) is 17.2. The molecule has 2 aromatic carbocycles. The van der Waals surface area contributed by atoms with E-state index in [0.29, 0.717) is 28.6 Å². The van der Waals surface area contributed by atoms with Crippen molar-refractivity contribution in [1.29, 1.82) is 0 Å². The number of nitrogens with zero attached hydrogens (tertiary/aromatic N) is 4. The third-order valence-corrected chi connectivity index (χ3v) is 6.61. The summed E-state index contributed by atoms with van der Waals surface area (Å²) in [5, 5.41) is 14.3. The van der Waals surface area contributed by atoms with Crippen molar-refractivity contribution in [3.63, 3.8) is 0 Å². The van der Waals surface area contributed by atoms with Gasteiger partial charge in [0.1, 0.15) is 5.75 Å². The molecule has 180 valence electrons. The van der Waals surface area contributed by atoms with Gasteiger partial charge in [0, 0.05) is 23.6 Å². The molecule has 0 atom stereocenters. The van der Waals surface area contributed by atoms with Gasteiger partial charge in [-0.1, -0.05) is 26.0 Å². The van der Waals surface area contributed by atoms with Gasteiger partial charge in [-0.3, -0.25) is 4.98 Å². The van der Waals surface area contributed by atoms with E-state index >= 15 is 0 Å². The third kappa shape index (κ3) is 4.91. The summed E-state index contributed by atoms with van der Waals surface area (Å²) in [4.78, 5) is 15.0. The number of hydrogen-bond acceptors (Lipinski definition) is 7. The lowest BCUT2D eigenvalue weighted by Gasteiger charge is -2.37. The summed E-state index contributed by atoms with van der Waals surface area (Å²) in [6.45, 7) is 8.57. The molecular weight excluding hydrogens is 438 g/mol. The lowest BCUT2D eigenvalue weighted by atomic mass is 9.99. The number of aromatic nitrogens is 3. The quantitative estimate of drug-likeness (QED) is 0.367. The smallest absolute Gasteiger partial charge is 0.325 e. The molecule has 3 heterocycles. The van der Waals surface area contributed by atoms with Crippen molar-refractivity contribution in [2.45, 2.75) is 45.6 Å². The fourth-order valence-electron chi connectivity index (χ4n) is 4.69. The van der Waals surface area contributed by atoms with Crippen LogP contribution >= 0.6 is 0 Å². The van der Waals surface area contributed by atoms with E-state index in [9.17, 15) is 5.11 Å². The molecule has 1 saturated heterocycles. The van der Waals surface area contributed by atoms with E-state index in [-0.39, 0.29) is 11.9 Å². The molecule has 0 radical (unpaired) electrons. The van der Waals surface area contributed by atoms with Crippen molar-refractivity contribution in [2.24, 2.45) is 0 Å². The largest absolute Gasteiger partial charge is 0.493 e. The molecule has 1 fully saturated rings. The maximum Gasteiger partial charge on any atom is 0.325 e. The second-order valence-electron chi connectivity index (χ2n) is 9.37. The number of rotatable bonds is 6. The summed E-state index contributed by atoms with van der Waals surface area (Å²) in [7, 11) is 0. The zero-order chi connectivity index (χ0) is 24.4. The molecule has 2 N–H and O–H groups in total. The number of ether oxygens (including phenoxy) is 1. The molecule has 2 aromatic heterocycles. The lowest BCUT2D eigenvalue weighted by Crippen LogP contribution is -2.41. The van der Waals surface area contributed by atoms with Gasteiger partial charge in [0.2, 0.25) is 5.88 Å². The van der Waals surface area contributed by atoms with E-state index in [1.54, 1.807) is 18.5 Å². The molecule has 7 nitrogen and oxygen atoms in total. The molecule has 0 aliphatic carbocycles. The van der Waals surface area contributed by atoms with Crippen molar-refractivity contribution in [3.05, 3.63) is 72.1 Å². The van der Waals surface area contributed by atoms with Crippen molar-refractivity contribution in [2.75, 3.05) is 18.0 Å². The van der Waals surface area contributed by atoms with Crippen LogP contribution in [0.1, 0.15) is 43.7 Å². The van der Waals surface area contributed by atoms with Gasteiger partial charge in [0.15, 0.2) is 0 Å². The fraction of sp³-hybridized carbons (Fsp3) is 0.321. The van der Waals surface area contributed by atoms with Crippen LogP contribution in [0.15, 0.2) is 60.9 Å². The van der Waals surface area contributed by atoms with E-state index in [1.807, 2.05) is 12.1 Å². The molecule has 0 spiro atoms. The minimum Gasteiger partial charge on any atom is -0.493 e. The van der Waals surface area contributed by atoms with Crippen LogP contribution in [0.5, 0.6) is 17.6 Å². The SMILES string of the molecule is Cc1cc(Oc2nc(O)c3ccncc3n2)ccc1N(c1ccc(C(C)C)cc1)C1CCNCC1. The molecule has 0 amide bonds. The van der Waals surface area contributed by atoms with Gasteiger partial charge in [-0.05, 0) is 86.3 Å². The zero-order valence-electron chi connectivity index (χ0n) is 20.4. The minimum absolute atomic E-state index is 0.0923. The lowest BCUT2D eigenvalue weighted by molar-refractivity contribution is 0.411. The predicted octanol–water partition coefficient (Wildman–Crippen LogP) is 5.84. The molecule has 1 aliphatic rings. The summed E-state index contributed by atoms with van der Waals surface area (Å²) in [6.07, 6.45) is 5.35. The van der Waals surface area contributed by atoms with Gasteiger partial charge in [-0.2, -0.15) is 9.97 Å². The van der Waals surface area contributed by atoms with Crippen LogP contribution in [0, 0.1) is 6.92 Å². The number of fused-ring (bicyclic) bond motifs is 1. The number of benzene rings is 2. The van der Waals surface area contributed by atoms with Gasteiger partial charge >= 0.3 is 6.01 Å². The number of hydrogen-bond donors (Lipinski definition) is 2. The van der Waals surface area contributed by atoms with Crippen LogP contribution in [0.25, 0.3) is 10.9 Å². The number of nitrogens with one attached hydrogen (secondary N) is 1. The Hall–Kier alpha value is -3.71. The topological polar surface area (TPSA) is 83.4 Å². The maximum atomic E-state index is 10.3. The third-order valence-electron chi connectivity index (χ3n) is 6.61. The Balaban J connectivity index is 1.46. The van der Waals surface area contributed by atoms with Crippen LogP contribution in [0.4, 0.5) is 11.4 Å². The van der Waals surface area contributed by atoms with Crippen LogP contribution in [0.2, 0.25) is 0 Å². The van der Waals surface area contributed by atoms with Crippen molar-refractivity contribution >= 4 is 22.3 Å². The highest BCUT2D eigenvalue weighted by atomic mass is 16.5. The fourth-order valence-corrected chi connectivity index (χ4v) is 4.69. The summed E-state index contributed by atoms with van der Waals surface area (Å²) >= 11 is 0. The first-order valence-electron chi connectivity index (χ1n) is 12.2. The maximum absolute atomic E-state index is 10.3. The minimum atomic E-state index is -0.123. The zero-order valence-corrected chi connectivity index (χ0v) is 20.4. The van der Waals surface area contributed by atoms with Gasteiger partial charge in [-0.25, -0.2) is 0 Å².